The minimum atomic E-state index is -0.176. The SMILES string of the molecule is CCCC(C)(C)C(=O)N1CCN(C)CC1. The molecule has 0 N–H and O–H groups in total. The zero-order valence-electron chi connectivity index (χ0n) is 10.5. The topological polar surface area (TPSA) is 23.6 Å². The van der Waals surface area contributed by atoms with E-state index in [0.717, 1.165) is 39.0 Å². The van der Waals surface area contributed by atoms with E-state index in [1.807, 2.05) is 4.90 Å². The average molecular weight is 212 g/mol. The standard InChI is InChI=1S/C12H24N2O/c1-5-6-12(2,3)11(15)14-9-7-13(4)8-10-14/h5-10H2,1-4H3. The molecule has 0 radical (unpaired) electrons. The van der Waals surface area contributed by atoms with Crippen LogP contribution in [0.15, 0.2) is 0 Å². The van der Waals surface area contributed by atoms with E-state index in [1.54, 1.807) is 0 Å². The molecule has 0 aromatic heterocycles. The molecule has 1 aliphatic heterocycles. The van der Waals surface area contributed by atoms with E-state index < -0.39 is 0 Å². The highest BCUT2D eigenvalue weighted by atomic mass is 16.2. The smallest absolute Gasteiger partial charge is 0.228 e. The quantitative estimate of drug-likeness (QED) is 0.709. The first kappa shape index (κ1) is 12.5. The summed E-state index contributed by atoms with van der Waals surface area (Å²) in [5.74, 6) is 0.331. The van der Waals surface area contributed by atoms with Gasteiger partial charge in [-0.25, -0.2) is 0 Å². The molecule has 15 heavy (non-hydrogen) atoms. The summed E-state index contributed by atoms with van der Waals surface area (Å²) in [6.45, 7) is 10.1. The summed E-state index contributed by atoms with van der Waals surface area (Å²) in [6, 6.07) is 0. The van der Waals surface area contributed by atoms with Crippen LogP contribution in [0.5, 0.6) is 0 Å². The third kappa shape index (κ3) is 3.20. The molecule has 0 aromatic carbocycles. The van der Waals surface area contributed by atoms with E-state index in [-0.39, 0.29) is 5.41 Å². The first-order valence-electron chi connectivity index (χ1n) is 5.95. The molecule has 88 valence electrons. The Morgan fingerprint density at radius 1 is 1.20 bits per heavy atom. The van der Waals surface area contributed by atoms with Gasteiger partial charge >= 0.3 is 0 Å². The number of carbonyl (C=O) groups is 1. The highest BCUT2D eigenvalue weighted by Crippen LogP contribution is 2.25. The normalized spacial score (nSPS) is 19.3. The van der Waals surface area contributed by atoms with Gasteiger partial charge in [0.2, 0.25) is 5.91 Å². The van der Waals surface area contributed by atoms with Gasteiger partial charge in [-0.3, -0.25) is 4.79 Å². The molecule has 0 unspecified atom stereocenters. The first-order chi connectivity index (χ1) is 6.97. The lowest BCUT2D eigenvalue weighted by atomic mass is 9.86. The number of hydrogen-bond acceptors (Lipinski definition) is 2. The fourth-order valence-corrected chi connectivity index (χ4v) is 2.17. The fraction of sp³-hybridized carbons (Fsp3) is 0.917. The van der Waals surface area contributed by atoms with Crippen LogP contribution in [-0.2, 0) is 4.79 Å². The van der Waals surface area contributed by atoms with Crippen molar-refractivity contribution in [2.45, 2.75) is 33.6 Å². The number of likely N-dealkylation sites (N-methyl/N-ethyl adjacent to an activating group) is 1. The third-order valence-electron chi connectivity index (χ3n) is 3.24. The summed E-state index contributed by atoms with van der Waals surface area (Å²) in [5.41, 5.74) is -0.176. The van der Waals surface area contributed by atoms with Gasteiger partial charge in [0.1, 0.15) is 0 Å². The van der Waals surface area contributed by atoms with Crippen molar-refractivity contribution in [3.63, 3.8) is 0 Å². The zero-order valence-corrected chi connectivity index (χ0v) is 10.5. The number of hydrogen-bond donors (Lipinski definition) is 0. The predicted molar refractivity (Wildman–Crippen MR) is 62.8 cm³/mol. The van der Waals surface area contributed by atoms with Crippen LogP contribution in [0.25, 0.3) is 0 Å². The van der Waals surface area contributed by atoms with Crippen LogP contribution < -0.4 is 0 Å². The maximum atomic E-state index is 12.2. The largest absolute Gasteiger partial charge is 0.340 e. The molecule has 0 bridgehead atoms. The van der Waals surface area contributed by atoms with E-state index in [2.05, 4.69) is 32.7 Å². The molecule has 1 saturated heterocycles. The Labute approximate surface area is 93.4 Å². The van der Waals surface area contributed by atoms with Gasteiger partial charge in [0.05, 0.1) is 0 Å². The molecule has 1 fully saturated rings. The average Bonchev–Trinajstić information content (AvgIpc) is 2.18. The number of piperazine rings is 1. The van der Waals surface area contributed by atoms with Gasteiger partial charge in [-0.2, -0.15) is 0 Å². The second-order valence-corrected chi connectivity index (χ2v) is 5.23. The highest BCUT2D eigenvalue weighted by Gasteiger charge is 2.32. The fourth-order valence-electron chi connectivity index (χ4n) is 2.17. The Morgan fingerprint density at radius 3 is 2.20 bits per heavy atom. The minimum Gasteiger partial charge on any atom is -0.340 e. The van der Waals surface area contributed by atoms with Crippen molar-refractivity contribution in [3.05, 3.63) is 0 Å². The monoisotopic (exact) mass is 212 g/mol. The van der Waals surface area contributed by atoms with E-state index in [9.17, 15) is 4.79 Å². The Morgan fingerprint density at radius 2 is 1.73 bits per heavy atom. The molecule has 3 nitrogen and oxygen atoms in total. The first-order valence-corrected chi connectivity index (χ1v) is 5.95. The Balaban J connectivity index is 2.53. The van der Waals surface area contributed by atoms with E-state index >= 15 is 0 Å². The van der Waals surface area contributed by atoms with Gasteiger partial charge in [0.15, 0.2) is 0 Å². The molecule has 1 heterocycles. The molecule has 1 aliphatic rings. The molecular formula is C12H24N2O. The van der Waals surface area contributed by atoms with Crippen molar-refractivity contribution in [2.75, 3.05) is 33.2 Å². The molecule has 3 heteroatoms. The lowest BCUT2D eigenvalue weighted by Gasteiger charge is -2.37. The van der Waals surface area contributed by atoms with Crippen LogP contribution in [0.4, 0.5) is 0 Å². The third-order valence-corrected chi connectivity index (χ3v) is 3.24. The summed E-state index contributed by atoms with van der Waals surface area (Å²) in [4.78, 5) is 16.5. The van der Waals surface area contributed by atoms with Crippen LogP contribution >= 0.6 is 0 Å². The van der Waals surface area contributed by atoms with Crippen LogP contribution in [0.2, 0.25) is 0 Å². The zero-order chi connectivity index (χ0) is 11.5. The van der Waals surface area contributed by atoms with Crippen LogP contribution in [0.1, 0.15) is 33.6 Å². The molecule has 1 rings (SSSR count). The molecule has 0 atom stereocenters. The Bertz CT molecular complexity index is 218. The molecule has 0 spiro atoms. The minimum absolute atomic E-state index is 0.176. The maximum absolute atomic E-state index is 12.2. The van der Waals surface area contributed by atoms with Crippen molar-refractivity contribution in [2.24, 2.45) is 5.41 Å². The van der Waals surface area contributed by atoms with Gasteiger partial charge < -0.3 is 9.80 Å². The maximum Gasteiger partial charge on any atom is 0.228 e. The lowest BCUT2D eigenvalue weighted by Crippen LogP contribution is -2.51. The summed E-state index contributed by atoms with van der Waals surface area (Å²) < 4.78 is 0. The van der Waals surface area contributed by atoms with Crippen molar-refractivity contribution in [3.8, 4) is 0 Å². The molecular weight excluding hydrogens is 188 g/mol. The van der Waals surface area contributed by atoms with Crippen LogP contribution in [0.3, 0.4) is 0 Å². The summed E-state index contributed by atoms with van der Waals surface area (Å²) in [7, 11) is 2.11. The number of carbonyl (C=O) groups excluding carboxylic acids is 1. The van der Waals surface area contributed by atoms with Gasteiger partial charge in [0.25, 0.3) is 0 Å². The number of nitrogens with zero attached hydrogens (tertiary/aromatic N) is 2. The van der Waals surface area contributed by atoms with E-state index in [4.69, 9.17) is 0 Å². The highest BCUT2D eigenvalue weighted by molar-refractivity contribution is 5.82. The predicted octanol–water partition coefficient (Wildman–Crippen LogP) is 1.59. The second kappa shape index (κ2) is 4.97. The van der Waals surface area contributed by atoms with Crippen LogP contribution in [-0.4, -0.2) is 48.9 Å². The summed E-state index contributed by atoms with van der Waals surface area (Å²) in [5, 5.41) is 0. The summed E-state index contributed by atoms with van der Waals surface area (Å²) in [6.07, 6.45) is 2.06. The Hall–Kier alpha value is -0.570. The van der Waals surface area contributed by atoms with E-state index in [1.165, 1.54) is 0 Å². The van der Waals surface area contributed by atoms with Gasteiger partial charge in [-0.05, 0) is 13.5 Å². The number of amides is 1. The Kier molecular flexibility index (Phi) is 4.14. The van der Waals surface area contributed by atoms with Crippen molar-refractivity contribution in [1.29, 1.82) is 0 Å². The van der Waals surface area contributed by atoms with Crippen LogP contribution in [0, 0.1) is 5.41 Å². The van der Waals surface area contributed by atoms with E-state index in [0.29, 0.717) is 5.91 Å². The van der Waals surface area contributed by atoms with Crippen molar-refractivity contribution >= 4 is 5.91 Å². The van der Waals surface area contributed by atoms with Crippen molar-refractivity contribution < 1.29 is 4.79 Å². The molecule has 0 aliphatic carbocycles. The number of rotatable bonds is 3. The second-order valence-electron chi connectivity index (χ2n) is 5.23. The summed E-state index contributed by atoms with van der Waals surface area (Å²) >= 11 is 0. The molecule has 0 saturated carbocycles. The van der Waals surface area contributed by atoms with Crippen molar-refractivity contribution in [1.82, 2.24) is 9.80 Å². The van der Waals surface area contributed by atoms with Gasteiger partial charge in [-0.1, -0.05) is 27.2 Å². The van der Waals surface area contributed by atoms with Gasteiger partial charge in [-0.15, -0.1) is 0 Å². The van der Waals surface area contributed by atoms with Gasteiger partial charge in [0, 0.05) is 31.6 Å². The lowest BCUT2D eigenvalue weighted by molar-refractivity contribution is -0.142. The molecule has 0 aromatic rings. The molecule has 1 amide bonds.